The molecule has 0 amide bonds. The molecule has 1 heterocycles. The van der Waals surface area contributed by atoms with Crippen LogP contribution >= 0.6 is 11.3 Å². The molecule has 0 saturated carbocycles. The molecule has 0 unspecified atom stereocenters. The first-order valence-electron chi connectivity index (χ1n) is 5.84. The minimum Gasteiger partial charge on any atom is -0.488 e. The van der Waals surface area contributed by atoms with E-state index in [1.165, 1.54) is 23.5 Å². The summed E-state index contributed by atoms with van der Waals surface area (Å²) >= 11 is 1.54. The van der Waals surface area contributed by atoms with Crippen LogP contribution in [-0.2, 0) is 6.61 Å². The van der Waals surface area contributed by atoms with Crippen LogP contribution in [0, 0.1) is 22.0 Å². The van der Waals surface area contributed by atoms with E-state index in [0.717, 1.165) is 9.75 Å². The molecular weight excluding hydrogens is 276 g/mol. The van der Waals surface area contributed by atoms with E-state index in [1.807, 2.05) is 12.1 Å². The zero-order valence-electron chi connectivity index (χ0n) is 10.5. The molecule has 0 spiro atoms. The third-order valence-electron chi connectivity index (χ3n) is 2.40. The van der Waals surface area contributed by atoms with E-state index in [2.05, 4.69) is 11.8 Å². The highest BCUT2D eigenvalue weighted by atomic mass is 32.1. The van der Waals surface area contributed by atoms with Gasteiger partial charge < -0.3 is 10.5 Å². The lowest BCUT2D eigenvalue weighted by Crippen LogP contribution is -1.93. The molecule has 2 aromatic rings. The first-order chi connectivity index (χ1) is 9.69. The number of rotatable bonds is 4. The molecule has 0 aliphatic carbocycles. The first-order valence-corrected chi connectivity index (χ1v) is 6.65. The Balaban J connectivity index is 1.94. The average Bonchev–Trinajstić information content (AvgIpc) is 2.91. The Bertz CT molecular complexity index is 653. The zero-order valence-corrected chi connectivity index (χ0v) is 11.4. The molecule has 102 valence electrons. The standard InChI is InChI=1S/C14H12N2O3S/c15-9-1-2-13-7-8-14(20-13)10-19-12-5-3-11(4-6-12)16(17)18/h3-8H,9-10,15H2. The quantitative estimate of drug-likeness (QED) is 0.533. The molecule has 0 fully saturated rings. The number of nitrogens with two attached hydrogens (primary N) is 1. The second-order valence-electron chi connectivity index (χ2n) is 3.81. The molecule has 0 bridgehead atoms. The van der Waals surface area contributed by atoms with Crippen molar-refractivity contribution >= 4 is 17.0 Å². The average molecular weight is 288 g/mol. The number of hydrogen-bond acceptors (Lipinski definition) is 5. The van der Waals surface area contributed by atoms with E-state index in [9.17, 15) is 10.1 Å². The van der Waals surface area contributed by atoms with Gasteiger partial charge in [0.15, 0.2) is 0 Å². The fourth-order valence-electron chi connectivity index (χ4n) is 1.48. The lowest BCUT2D eigenvalue weighted by Gasteiger charge is -2.03. The van der Waals surface area contributed by atoms with E-state index in [4.69, 9.17) is 10.5 Å². The largest absolute Gasteiger partial charge is 0.488 e. The van der Waals surface area contributed by atoms with E-state index in [-0.39, 0.29) is 5.69 Å². The fraction of sp³-hybridized carbons (Fsp3) is 0.143. The summed E-state index contributed by atoms with van der Waals surface area (Å²) in [5, 5.41) is 10.5. The molecule has 2 N–H and O–H groups in total. The van der Waals surface area contributed by atoms with Crippen LogP contribution in [0.1, 0.15) is 9.75 Å². The van der Waals surface area contributed by atoms with Crippen LogP contribution in [-0.4, -0.2) is 11.5 Å². The van der Waals surface area contributed by atoms with E-state index < -0.39 is 4.92 Å². The maximum atomic E-state index is 10.5. The lowest BCUT2D eigenvalue weighted by atomic mass is 10.3. The summed E-state index contributed by atoms with van der Waals surface area (Å²) < 4.78 is 5.56. The van der Waals surface area contributed by atoms with Gasteiger partial charge in [-0.15, -0.1) is 11.3 Å². The van der Waals surface area contributed by atoms with Gasteiger partial charge in [0.25, 0.3) is 5.69 Å². The number of nitro benzene ring substituents is 1. The van der Waals surface area contributed by atoms with Crippen molar-refractivity contribution in [2.45, 2.75) is 6.61 Å². The second kappa shape index (κ2) is 6.70. The van der Waals surface area contributed by atoms with Crippen LogP contribution in [0.2, 0.25) is 0 Å². The third kappa shape index (κ3) is 3.82. The number of non-ortho nitro benzene ring substituents is 1. The Hall–Kier alpha value is -2.36. The van der Waals surface area contributed by atoms with Gasteiger partial charge in [-0.05, 0) is 24.3 Å². The molecule has 6 heteroatoms. The molecular formula is C14H12N2O3S. The van der Waals surface area contributed by atoms with Gasteiger partial charge in [0.2, 0.25) is 0 Å². The smallest absolute Gasteiger partial charge is 0.269 e. The molecule has 5 nitrogen and oxygen atoms in total. The summed E-state index contributed by atoms with van der Waals surface area (Å²) in [6.07, 6.45) is 0. The molecule has 0 atom stereocenters. The normalized spacial score (nSPS) is 9.65. The number of benzene rings is 1. The number of ether oxygens (including phenoxy) is 1. The van der Waals surface area contributed by atoms with Gasteiger partial charge in [-0.1, -0.05) is 11.8 Å². The molecule has 0 aliphatic rings. The van der Waals surface area contributed by atoms with Gasteiger partial charge in [0.05, 0.1) is 16.3 Å². The highest BCUT2D eigenvalue weighted by Crippen LogP contribution is 2.21. The zero-order chi connectivity index (χ0) is 14.4. The number of hydrogen-bond donors (Lipinski definition) is 1. The molecule has 1 aromatic carbocycles. The van der Waals surface area contributed by atoms with Crippen molar-refractivity contribution in [3.8, 4) is 17.6 Å². The van der Waals surface area contributed by atoms with Crippen LogP contribution in [0.25, 0.3) is 0 Å². The Morgan fingerprint density at radius 1 is 1.25 bits per heavy atom. The fourth-order valence-corrected chi connectivity index (χ4v) is 2.28. The molecule has 0 saturated heterocycles. The third-order valence-corrected chi connectivity index (χ3v) is 3.38. The predicted octanol–water partition coefficient (Wildman–Crippen LogP) is 2.55. The van der Waals surface area contributed by atoms with E-state index in [0.29, 0.717) is 18.9 Å². The lowest BCUT2D eigenvalue weighted by molar-refractivity contribution is -0.384. The summed E-state index contributed by atoms with van der Waals surface area (Å²) in [5.41, 5.74) is 5.36. The second-order valence-corrected chi connectivity index (χ2v) is 4.98. The van der Waals surface area contributed by atoms with Gasteiger partial charge in [-0.25, -0.2) is 0 Å². The Morgan fingerprint density at radius 3 is 2.65 bits per heavy atom. The van der Waals surface area contributed by atoms with Gasteiger partial charge in [-0.3, -0.25) is 10.1 Å². The van der Waals surface area contributed by atoms with Crippen LogP contribution in [0.4, 0.5) is 5.69 Å². The number of nitrogens with zero attached hydrogens (tertiary/aromatic N) is 1. The van der Waals surface area contributed by atoms with Crippen molar-refractivity contribution in [2.24, 2.45) is 5.73 Å². The highest BCUT2D eigenvalue weighted by molar-refractivity contribution is 7.12. The minimum atomic E-state index is -0.439. The van der Waals surface area contributed by atoms with Crippen molar-refractivity contribution in [3.05, 3.63) is 56.3 Å². The molecule has 0 aliphatic heterocycles. The van der Waals surface area contributed by atoms with Crippen LogP contribution in [0.3, 0.4) is 0 Å². The maximum Gasteiger partial charge on any atom is 0.269 e. The van der Waals surface area contributed by atoms with Gasteiger partial charge in [0, 0.05) is 17.0 Å². The monoisotopic (exact) mass is 288 g/mol. The van der Waals surface area contributed by atoms with Crippen molar-refractivity contribution in [2.75, 3.05) is 6.54 Å². The summed E-state index contributed by atoms with van der Waals surface area (Å²) in [4.78, 5) is 12.1. The van der Waals surface area contributed by atoms with Crippen molar-refractivity contribution < 1.29 is 9.66 Å². The summed E-state index contributed by atoms with van der Waals surface area (Å²) in [6, 6.07) is 9.87. The number of thiophene rings is 1. The summed E-state index contributed by atoms with van der Waals surface area (Å²) in [6.45, 7) is 0.749. The van der Waals surface area contributed by atoms with Crippen LogP contribution in [0.5, 0.6) is 5.75 Å². The summed E-state index contributed by atoms with van der Waals surface area (Å²) in [7, 11) is 0. The first kappa shape index (κ1) is 14.1. The SMILES string of the molecule is NCC#Cc1ccc(COc2ccc([N+](=O)[O-])cc2)s1. The van der Waals surface area contributed by atoms with Crippen molar-refractivity contribution in [1.82, 2.24) is 0 Å². The summed E-state index contributed by atoms with van der Waals surface area (Å²) in [5.74, 6) is 6.34. The van der Waals surface area contributed by atoms with Crippen LogP contribution < -0.4 is 10.5 Å². The predicted molar refractivity (Wildman–Crippen MR) is 77.7 cm³/mol. The Morgan fingerprint density at radius 2 is 2.00 bits per heavy atom. The Labute approximate surface area is 120 Å². The Kier molecular flexibility index (Phi) is 4.71. The highest BCUT2D eigenvalue weighted by Gasteiger charge is 2.05. The van der Waals surface area contributed by atoms with Crippen molar-refractivity contribution in [1.29, 1.82) is 0 Å². The van der Waals surface area contributed by atoms with E-state index in [1.54, 1.807) is 12.1 Å². The minimum absolute atomic E-state index is 0.0489. The molecule has 0 radical (unpaired) electrons. The van der Waals surface area contributed by atoms with Gasteiger partial charge >= 0.3 is 0 Å². The number of nitro groups is 1. The molecule has 20 heavy (non-hydrogen) atoms. The topological polar surface area (TPSA) is 78.4 Å². The van der Waals surface area contributed by atoms with Crippen molar-refractivity contribution in [3.63, 3.8) is 0 Å². The maximum absolute atomic E-state index is 10.5. The van der Waals surface area contributed by atoms with Gasteiger partial charge in [-0.2, -0.15) is 0 Å². The van der Waals surface area contributed by atoms with E-state index >= 15 is 0 Å². The molecule has 2 rings (SSSR count). The molecule has 1 aromatic heterocycles. The van der Waals surface area contributed by atoms with Crippen LogP contribution in [0.15, 0.2) is 36.4 Å². The van der Waals surface area contributed by atoms with Gasteiger partial charge in [0.1, 0.15) is 12.4 Å².